The molecule has 0 unspecified atom stereocenters. The molecular weight excluding hydrogens is 236 g/mol. The van der Waals surface area contributed by atoms with Crippen LogP contribution in [-0.2, 0) is 4.79 Å². The summed E-state index contributed by atoms with van der Waals surface area (Å²) in [7, 11) is 3.71. The Balaban J connectivity index is 2.12. The Kier molecular flexibility index (Phi) is 4.29. The fraction of sp³-hybridized carbons (Fsp3) is 0.250. The molecule has 0 N–H and O–H groups in total. The van der Waals surface area contributed by atoms with Crippen molar-refractivity contribution in [3.8, 4) is 0 Å². The molecule has 0 heterocycles. The Bertz CT molecular complexity index is 539. The van der Waals surface area contributed by atoms with Gasteiger partial charge in [-0.2, -0.15) is 5.10 Å². The second-order valence-corrected chi connectivity index (χ2v) is 4.71. The smallest absolute Gasteiger partial charge is 0.185 e. The Hall–Kier alpha value is -2.16. The highest BCUT2D eigenvalue weighted by atomic mass is 16.1. The number of carbonyl (C=O) groups excluding carboxylic acids is 1. The highest BCUT2D eigenvalue weighted by Gasteiger charge is 2.22. The van der Waals surface area contributed by atoms with Crippen molar-refractivity contribution in [2.24, 2.45) is 5.10 Å². The average Bonchev–Trinajstić information content (AvgIpc) is 2.72. The van der Waals surface area contributed by atoms with Crippen LogP contribution in [0, 0.1) is 0 Å². The van der Waals surface area contributed by atoms with Crippen LogP contribution in [0.3, 0.4) is 0 Å². The SMILES string of the molecule is CN(C)/N=C/C=C1/CC/C(=C/c2ccccc2)C1=O. The van der Waals surface area contributed by atoms with E-state index in [2.05, 4.69) is 5.10 Å². The maximum Gasteiger partial charge on any atom is 0.185 e. The van der Waals surface area contributed by atoms with Gasteiger partial charge >= 0.3 is 0 Å². The molecule has 3 heteroatoms. The Morgan fingerprint density at radius 1 is 1.11 bits per heavy atom. The minimum Gasteiger partial charge on any atom is -0.303 e. The summed E-state index contributed by atoms with van der Waals surface area (Å²) in [6, 6.07) is 9.95. The van der Waals surface area contributed by atoms with Gasteiger partial charge < -0.3 is 5.01 Å². The van der Waals surface area contributed by atoms with E-state index in [-0.39, 0.29) is 5.78 Å². The van der Waals surface area contributed by atoms with Gasteiger partial charge in [0.1, 0.15) is 0 Å². The van der Waals surface area contributed by atoms with Crippen molar-refractivity contribution in [1.29, 1.82) is 0 Å². The molecule has 1 saturated carbocycles. The molecule has 0 radical (unpaired) electrons. The second-order valence-electron chi connectivity index (χ2n) is 4.71. The summed E-state index contributed by atoms with van der Waals surface area (Å²) in [5.41, 5.74) is 2.80. The van der Waals surface area contributed by atoms with Gasteiger partial charge in [-0.05, 0) is 30.6 Å². The summed E-state index contributed by atoms with van der Waals surface area (Å²) >= 11 is 0. The molecule has 0 atom stereocenters. The van der Waals surface area contributed by atoms with Crippen molar-refractivity contribution in [2.75, 3.05) is 14.1 Å². The third-order valence-electron chi connectivity index (χ3n) is 2.96. The maximum atomic E-state index is 12.2. The molecule has 1 aromatic rings. The first-order valence-electron chi connectivity index (χ1n) is 6.37. The molecule has 0 bridgehead atoms. The van der Waals surface area contributed by atoms with E-state index in [4.69, 9.17) is 0 Å². The number of Topliss-reactive ketones (excluding diaryl/α,β-unsaturated/α-hetero) is 1. The van der Waals surface area contributed by atoms with Gasteiger partial charge in [0.15, 0.2) is 5.78 Å². The standard InChI is InChI=1S/C16H18N2O/c1-18(2)17-11-10-14-8-9-15(16(14)19)12-13-6-4-3-5-7-13/h3-7,10-12H,8-9H2,1-2H3/b14-10-,15-12-,17-11+. The van der Waals surface area contributed by atoms with E-state index in [0.29, 0.717) is 0 Å². The molecule has 98 valence electrons. The summed E-state index contributed by atoms with van der Waals surface area (Å²) in [6.07, 6.45) is 7.09. The second kappa shape index (κ2) is 6.14. The molecule has 1 aromatic carbocycles. The largest absolute Gasteiger partial charge is 0.303 e. The Morgan fingerprint density at radius 2 is 1.79 bits per heavy atom. The van der Waals surface area contributed by atoms with Crippen molar-refractivity contribution in [1.82, 2.24) is 5.01 Å². The minimum absolute atomic E-state index is 0.147. The Labute approximate surface area is 113 Å². The van der Waals surface area contributed by atoms with E-state index in [0.717, 1.165) is 29.6 Å². The third-order valence-corrected chi connectivity index (χ3v) is 2.96. The first-order chi connectivity index (χ1) is 9.16. The van der Waals surface area contributed by atoms with Gasteiger partial charge in [0.05, 0.1) is 0 Å². The predicted molar refractivity (Wildman–Crippen MR) is 78.9 cm³/mol. The van der Waals surface area contributed by atoms with E-state index in [1.807, 2.05) is 56.6 Å². The number of hydrogen-bond donors (Lipinski definition) is 0. The zero-order valence-electron chi connectivity index (χ0n) is 11.3. The number of benzene rings is 1. The first-order valence-corrected chi connectivity index (χ1v) is 6.37. The molecule has 0 aromatic heterocycles. The zero-order valence-corrected chi connectivity index (χ0v) is 11.3. The number of hydrogen-bond acceptors (Lipinski definition) is 3. The number of carbonyl (C=O) groups is 1. The van der Waals surface area contributed by atoms with E-state index in [9.17, 15) is 4.79 Å². The summed E-state index contributed by atoms with van der Waals surface area (Å²) < 4.78 is 0. The van der Waals surface area contributed by atoms with Crippen molar-refractivity contribution in [2.45, 2.75) is 12.8 Å². The number of hydrazone groups is 1. The van der Waals surface area contributed by atoms with E-state index < -0.39 is 0 Å². The van der Waals surface area contributed by atoms with Crippen molar-refractivity contribution < 1.29 is 4.79 Å². The van der Waals surface area contributed by atoms with Crippen LogP contribution in [-0.4, -0.2) is 31.1 Å². The molecule has 0 spiro atoms. The summed E-state index contributed by atoms with van der Waals surface area (Å²) in [6.45, 7) is 0. The van der Waals surface area contributed by atoms with E-state index >= 15 is 0 Å². The van der Waals surface area contributed by atoms with Gasteiger partial charge in [-0.3, -0.25) is 4.79 Å². The summed E-state index contributed by atoms with van der Waals surface area (Å²) in [4.78, 5) is 12.2. The van der Waals surface area contributed by atoms with Crippen LogP contribution < -0.4 is 0 Å². The van der Waals surface area contributed by atoms with Gasteiger partial charge in [-0.25, -0.2) is 0 Å². The fourth-order valence-corrected chi connectivity index (χ4v) is 2.01. The van der Waals surface area contributed by atoms with Crippen LogP contribution in [0.15, 0.2) is 52.7 Å². The van der Waals surface area contributed by atoms with Crippen LogP contribution in [0.4, 0.5) is 0 Å². The molecule has 19 heavy (non-hydrogen) atoms. The highest BCUT2D eigenvalue weighted by Crippen LogP contribution is 2.27. The first kappa shape index (κ1) is 13.3. The molecule has 1 aliphatic rings. The average molecular weight is 254 g/mol. The van der Waals surface area contributed by atoms with Crippen LogP contribution in [0.5, 0.6) is 0 Å². The molecule has 3 nitrogen and oxygen atoms in total. The van der Waals surface area contributed by atoms with Gasteiger partial charge in [-0.15, -0.1) is 0 Å². The van der Waals surface area contributed by atoms with Crippen LogP contribution in [0.2, 0.25) is 0 Å². The minimum atomic E-state index is 0.147. The van der Waals surface area contributed by atoms with Crippen molar-refractivity contribution >= 4 is 18.1 Å². The molecule has 1 fully saturated rings. The summed E-state index contributed by atoms with van der Waals surface area (Å²) in [5, 5.41) is 5.80. The van der Waals surface area contributed by atoms with Crippen LogP contribution in [0.1, 0.15) is 18.4 Å². The van der Waals surface area contributed by atoms with Crippen LogP contribution >= 0.6 is 0 Å². The lowest BCUT2D eigenvalue weighted by Crippen LogP contribution is -2.01. The molecule has 1 aliphatic carbocycles. The predicted octanol–water partition coefficient (Wildman–Crippen LogP) is 2.91. The topological polar surface area (TPSA) is 32.7 Å². The molecule has 0 aliphatic heterocycles. The number of nitrogens with zero attached hydrogens (tertiary/aromatic N) is 2. The van der Waals surface area contributed by atoms with Gasteiger partial charge in [0, 0.05) is 31.5 Å². The monoisotopic (exact) mass is 254 g/mol. The maximum absolute atomic E-state index is 12.2. The molecule has 2 rings (SSSR count). The van der Waals surface area contributed by atoms with Gasteiger partial charge in [0.25, 0.3) is 0 Å². The van der Waals surface area contributed by atoms with Crippen LogP contribution in [0.25, 0.3) is 6.08 Å². The lowest BCUT2D eigenvalue weighted by Gasteiger charge is -2.00. The van der Waals surface area contributed by atoms with E-state index in [1.165, 1.54) is 0 Å². The van der Waals surface area contributed by atoms with E-state index in [1.54, 1.807) is 11.2 Å². The molecular formula is C16H18N2O. The quantitative estimate of drug-likeness (QED) is 0.472. The third kappa shape index (κ3) is 3.65. The lowest BCUT2D eigenvalue weighted by molar-refractivity contribution is -0.111. The number of ketones is 1. The van der Waals surface area contributed by atoms with Gasteiger partial charge in [-0.1, -0.05) is 30.3 Å². The molecule has 0 saturated heterocycles. The Morgan fingerprint density at radius 3 is 2.47 bits per heavy atom. The van der Waals surface area contributed by atoms with Gasteiger partial charge in [0.2, 0.25) is 0 Å². The van der Waals surface area contributed by atoms with Crippen molar-refractivity contribution in [3.63, 3.8) is 0 Å². The highest BCUT2D eigenvalue weighted by molar-refractivity contribution is 6.14. The number of rotatable bonds is 3. The molecule has 0 amide bonds. The summed E-state index contributed by atoms with van der Waals surface area (Å²) in [5.74, 6) is 0.147. The number of allylic oxidation sites excluding steroid dienone is 3. The van der Waals surface area contributed by atoms with Crippen molar-refractivity contribution in [3.05, 3.63) is 53.1 Å². The lowest BCUT2D eigenvalue weighted by atomic mass is 10.1. The zero-order chi connectivity index (χ0) is 13.7. The fourth-order valence-electron chi connectivity index (χ4n) is 2.01. The normalized spacial score (nSPS) is 19.8.